The molecule has 2 aromatic rings. The van der Waals surface area contributed by atoms with Crippen molar-refractivity contribution in [1.29, 1.82) is 0 Å². The van der Waals surface area contributed by atoms with Gasteiger partial charge in [0, 0.05) is 36.1 Å². The van der Waals surface area contributed by atoms with Gasteiger partial charge >= 0.3 is 0 Å². The average Bonchev–Trinajstić information content (AvgIpc) is 2.94. The maximum Gasteiger partial charge on any atom is 0.151 e. The summed E-state index contributed by atoms with van der Waals surface area (Å²) >= 11 is 0. The van der Waals surface area contributed by atoms with Crippen molar-refractivity contribution >= 4 is 5.82 Å². The van der Waals surface area contributed by atoms with Gasteiger partial charge in [-0.05, 0) is 20.8 Å². The molecule has 0 unspecified atom stereocenters. The Hall–Kier alpha value is -1.85. The monoisotopic (exact) mass is 265 g/mol. The summed E-state index contributed by atoms with van der Waals surface area (Å²) in [4.78, 5) is 0. The Labute approximate surface area is 112 Å². The Morgan fingerprint density at radius 1 is 1.37 bits per heavy atom. The van der Waals surface area contributed by atoms with E-state index >= 15 is 0 Å². The highest BCUT2D eigenvalue weighted by atomic mass is 19.1. The summed E-state index contributed by atoms with van der Waals surface area (Å²) in [6.45, 7) is 6.71. The standard InChI is InChI=1S/C13H20FN5/c1-10(2)19-9-12(7-16-19)6-15-13-11(3)8-18(17-13)5-4-14/h7-10H,4-6H2,1-3H3,(H,15,17). The molecule has 0 amide bonds. The van der Waals surface area contributed by atoms with Crippen molar-refractivity contribution in [3.05, 3.63) is 29.7 Å². The molecule has 0 aliphatic rings. The molecule has 0 radical (unpaired) electrons. The molecule has 0 saturated heterocycles. The minimum absolute atomic E-state index is 0.299. The maximum absolute atomic E-state index is 12.3. The lowest BCUT2D eigenvalue weighted by Crippen LogP contribution is -2.04. The summed E-state index contributed by atoms with van der Waals surface area (Å²) in [7, 11) is 0. The fourth-order valence-electron chi connectivity index (χ4n) is 1.83. The number of hydrogen-bond donors (Lipinski definition) is 1. The van der Waals surface area contributed by atoms with Crippen LogP contribution in [0.5, 0.6) is 0 Å². The second-order valence-electron chi connectivity index (χ2n) is 4.89. The van der Waals surface area contributed by atoms with E-state index < -0.39 is 6.67 Å². The molecule has 1 N–H and O–H groups in total. The lowest BCUT2D eigenvalue weighted by Gasteiger charge is -2.04. The van der Waals surface area contributed by atoms with Crippen LogP contribution in [0, 0.1) is 6.92 Å². The zero-order valence-electron chi connectivity index (χ0n) is 11.6. The van der Waals surface area contributed by atoms with Gasteiger partial charge in [0.1, 0.15) is 6.67 Å². The lowest BCUT2D eigenvalue weighted by atomic mass is 10.3. The van der Waals surface area contributed by atoms with Crippen molar-refractivity contribution in [3.8, 4) is 0 Å². The predicted octanol–water partition coefficient (Wildman–Crippen LogP) is 2.55. The number of aromatic nitrogens is 4. The zero-order chi connectivity index (χ0) is 13.8. The van der Waals surface area contributed by atoms with Gasteiger partial charge in [-0.3, -0.25) is 9.36 Å². The number of nitrogens with one attached hydrogen (secondary N) is 1. The third-order valence-electron chi connectivity index (χ3n) is 2.90. The quantitative estimate of drug-likeness (QED) is 0.873. The number of nitrogens with zero attached hydrogens (tertiary/aromatic N) is 4. The fourth-order valence-corrected chi connectivity index (χ4v) is 1.83. The Bertz CT molecular complexity index is 529. The van der Waals surface area contributed by atoms with E-state index in [0.29, 0.717) is 19.1 Å². The molecule has 0 aliphatic carbocycles. The Balaban J connectivity index is 1.97. The molecule has 0 atom stereocenters. The van der Waals surface area contributed by atoms with Crippen molar-refractivity contribution in [3.63, 3.8) is 0 Å². The van der Waals surface area contributed by atoms with Crippen LogP contribution in [-0.4, -0.2) is 26.2 Å². The molecule has 19 heavy (non-hydrogen) atoms. The second-order valence-corrected chi connectivity index (χ2v) is 4.89. The molecule has 0 aromatic carbocycles. The summed E-state index contributed by atoms with van der Waals surface area (Å²) in [6.07, 6.45) is 5.71. The van der Waals surface area contributed by atoms with Crippen molar-refractivity contribution in [1.82, 2.24) is 19.6 Å². The van der Waals surface area contributed by atoms with E-state index in [-0.39, 0.29) is 0 Å². The minimum Gasteiger partial charge on any atom is -0.364 e. The van der Waals surface area contributed by atoms with E-state index in [2.05, 4.69) is 29.4 Å². The maximum atomic E-state index is 12.3. The Morgan fingerprint density at radius 3 is 2.79 bits per heavy atom. The topological polar surface area (TPSA) is 47.7 Å². The van der Waals surface area contributed by atoms with Crippen LogP contribution in [0.15, 0.2) is 18.6 Å². The number of rotatable bonds is 6. The van der Waals surface area contributed by atoms with Crippen molar-refractivity contribution < 1.29 is 4.39 Å². The van der Waals surface area contributed by atoms with Crippen LogP contribution in [-0.2, 0) is 13.1 Å². The largest absolute Gasteiger partial charge is 0.364 e. The third-order valence-corrected chi connectivity index (χ3v) is 2.90. The molecule has 0 bridgehead atoms. The van der Waals surface area contributed by atoms with Crippen LogP contribution in [0.3, 0.4) is 0 Å². The summed E-state index contributed by atoms with van der Waals surface area (Å²) in [5.41, 5.74) is 2.12. The average molecular weight is 265 g/mol. The van der Waals surface area contributed by atoms with Gasteiger partial charge in [-0.25, -0.2) is 4.39 Å². The summed E-state index contributed by atoms with van der Waals surface area (Å²) in [5, 5.41) is 11.8. The van der Waals surface area contributed by atoms with Crippen LogP contribution >= 0.6 is 0 Å². The molecule has 2 heterocycles. The van der Waals surface area contributed by atoms with Gasteiger partial charge in [-0.1, -0.05) is 0 Å². The summed E-state index contributed by atoms with van der Waals surface area (Å²) < 4.78 is 15.8. The van der Waals surface area contributed by atoms with E-state index in [4.69, 9.17) is 0 Å². The molecule has 0 spiro atoms. The molecule has 2 aromatic heterocycles. The Kier molecular flexibility index (Phi) is 4.19. The van der Waals surface area contributed by atoms with E-state index in [0.717, 1.165) is 16.9 Å². The summed E-state index contributed by atoms with van der Waals surface area (Å²) in [6, 6.07) is 0.360. The molecular weight excluding hydrogens is 245 g/mol. The van der Waals surface area contributed by atoms with Gasteiger partial charge in [-0.15, -0.1) is 0 Å². The number of aryl methyl sites for hydroxylation is 2. The van der Waals surface area contributed by atoms with Crippen molar-refractivity contribution in [2.45, 2.75) is 39.9 Å². The zero-order valence-corrected chi connectivity index (χ0v) is 11.6. The highest BCUT2D eigenvalue weighted by molar-refractivity contribution is 5.42. The first-order valence-electron chi connectivity index (χ1n) is 6.47. The van der Waals surface area contributed by atoms with Gasteiger partial charge in [0.25, 0.3) is 0 Å². The van der Waals surface area contributed by atoms with Gasteiger partial charge in [0.05, 0.1) is 12.7 Å². The number of alkyl halides is 1. The van der Waals surface area contributed by atoms with E-state index in [9.17, 15) is 4.39 Å². The predicted molar refractivity (Wildman–Crippen MR) is 72.9 cm³/mol. The second kappa shape index (κ2) is 5.86. The first-order chi connectivity index (χ1) is 9.10. The van der Waals surface area contributed by atoms with E-state index in [1.54, 1.807) is 4.68 Å². The smallest absolute Gasteiger partial charge is 0.151 e. The van der Waals surface area contributed by atoms with Crippen LogP contribution in [0.1, 0.15) is 31.0 Å². The number of hydrogen-bond acceptors (Lipinski definition) is 3. The molecule has 0 fully saturated rings. The first kappa shape index (κ1) is 13.6. The van der Waals surface area contributed by atoms with Crippen LogP contribution in [0.2, 0.25) is 0 Å². The molecule has 0 saturated carbocycles. The minimum atomic E-state index is -0.401. The van der Waals surface area contributed by atoms with Crippen LogP contribution < -0.4 is 5.32 Å². The van der Waals surface area contributed by atoms with Crippen LogP contribution in [0.25, 0.3) is 0 Å². The highest BCUT2D eigenvalue weighted by Gasteiger charge is 2.06. The third kappa shape index (κ3) is 3.33. The van der Waals surface area contributed by atoms with Crippen molar-refractivity contribution in [2.24, 2.45) is 0 Å². The van der Waals surface area contributed by atoms with Gasteiger partial charge in [-0.2, -0.15) is 10.2 Å². The molecule has 5 nitrogen and oxygen atoms in total. The molecule has 0 aliphatic heterocycles. The van der Waals surface area contributed by atoms with Crippen molar-refractivity contribution in [2.75, 3.05) is 12.0 Å². The van der Waals surface area contributed by atoms with Gasteiger partial charge < -0.3 is 5.32 Å². The van der Waals surface area contributed by atoms with Gasteiger partial charge in [0.2, 0.25) is 0 Å². The molecule has 6 heteroatoms. The SMILES string of the molecule is Cc1cn(CCF)nc1NCc1cnn(C(C)C)c1. The fraction of sp³-hybridized carbons (Fsp3) is 0.538. The molecule has 104 valence electrons. The number of halogens is 1. The highest BCUT2D eigenvalue weighted by Crippen LogP contribution is 2.13. The van der Waals surface area contributed by atoms with Gasteiger partial charge in [0.15, 0.2) is 5.82 Å². The Morgan fingerprint density at radius 2 is 2.16 bits per heavy atom. The van der Waals surface area contributed by atoms with E-state index in [1.807, 2.05) is 30.2 Å². The normalized spacial score (nSPS) is 11.2. The first-order valence-corrected chi connectivity index (χ1v) is 6.47. The number of anilines is 1. The molecule has 2 rings (SSSR count). The summed E-state index contributed by atoms with van der Waals surface area (Å²) in [5.74, 6) is 0.797. The lowest BCUT2D eigenvalue weighted by molar-refractivity contribution is 0.427. The van der Waals surface area contributed by atoms with Crippen LogP contribution in [0.4, 0.5) is 10.2 Å². The van der Waals surface area contributed by atoms with E-state index in [1.165, 1.54) is 0 Å². The molecular formula is C13H20FN5.